The summed E-state index contributed by atoms with van der Waals surface area (Å²) in [5, 5.41) is 0. The van der Waals surface area contributed by atoms with Gasteiger partial charge in [-0.3, -0.25) is 13.8 Å². The fourth-order valence-corrected chi connectivity index (χ4v) is 6.29. The highest BCUT2D eigenvalue weighted by Crippen LogP contribution is 2.43. The first-order chi connectivity index (χ1) is 22.9. The van der Waals surface area contributed by atoms with Gasteiger partial charge in [-0.1, -0.05) is 154 Å². The van der Waals surface area contributed by atoms with Crippen molar-refractivity contribution in [3.63, 3.8) is 0 Å². The lowest BCUT2D eigenvalue weighted by molar-refractivity contribution is -0.154. The van der Waals surface area contributed by atoms with E-state index in [0.717, 1.165) is 38.5 Å². The van der Waals surface area contributed by atoms with Crippen LogP contribution < -0.4 is 5.73 Å². The van der Waals surface area contributed by atoms with Crippen molar-refractivity contribution in [2.24, 2.45) is 5.73 Å². The second kappa shape index (κ2) is 36.5. The summed E-state index contributed by atoms with van der Waals surface area (Å²) in [6.45, 7) is 4.81. The Balaban J connectivity index is 3.71. The number of esters is 1. The molecule has 0 heterocycles. The molecule has 3 N–H and O–H groups in total. The van der Waals surface area contributed by atoms with E-state index in [1.165, 1.54) is 128 Å². The van der Waals surface area contributed by atoms with Crippen molar-refractivity contribution in [2.75, 3.05) is 33.0 Å². The minimum atomic E-state index is -4.25. The number of phosphoric ester groups is 1. The molecule has 0 aromatic heterocycles. The summed E-state index contributed by atoms with van der Waals surface area (Å²) in [5.74, 6) is -0.346. The van der Waals surface area contributed by atoms with Crippen LogP contribution in [0.25, 0.3) is 0 Å². The summed E-state index contributed by atoms with van der Waals surface area (Å²) in [4.78, 5) is 22.0. The van der Waals surface area contributed by atoms with Gasteiger partial charge in [0.15, 0.2) is 0 Å². The number of nitrogens with two attached hydrogens (primary N) is 1. The zero-order chi connectivity index (χ0) is 34.5. The number of phosphoric acid groups is 1. The highest BCUT2D eigenvalue weighted by Gasteiger charge is 2.25. The predicted molar refractivity (Wildman–Crippen MR) is 197 cm³/mol. The Bertz CT molecular complexity index is 737. The first-order valence-electron chi connectivity index (χ1n) is 19.7. The molecule has 0 amide bonds. The van der Waals surface area contributed by atoms with Crippen LogP contribution in [0.4, 0.5) is 0 Å². The molecule has 0 saturated carbocycles. The minimum absolute atomic E-state index is 0.0934. The molecule has 0 spiro atoms. The normalized spacial score (nSPS) is 13.7. The molecule has 0 fully saturated rings. The molecular formula is C38H76NO7P. The molecule has 280 valence electrons. The molecule has 0 saturated heterocycles. The SMILES string of the molecule is CCCCCCCCCC/C=C\CCCCCCCCCCCCCCOCC(COP(=O)(O)OCCN)OC(=O)CCCCCC. The second-order valence-electron chi connectivity index (χ2n) is 13.1. The number of hydrogen-bond acceptors (Lipinski definition) is 7. The zero-order valence-electron chi connectivity index (χ0n) is 30.8. The quantitative estimate of drug-likeness (QED) is 0.0285. The maximum atomic E-state index is 12.2. The first-order valence-corrected chi connectivity index (χ1v) is 21.2. The fraction of sp³-hybridized carbons (Fsp3) is 0.921. The Morgan fingerprint density at radius 2 is 1.06 bits per heavy atom. The number of rotatable bonds is 38. The molecule has 0 aromatic carbocycles. The third-order valence-electron chi connectivity index (χ3n) is 8.43. The number of ether oxygens (including phenoxy) is 2. The molecule has 9 heteroatoms. The lowest BCUT2D eigenvalue weighted by Gasteiger charge is -2.20. The van der Waals surface area contributed by atoms with E-state index in [9.17, 15) is 14.3 Å². The van der Waals surface area contributed by atoms with E-state index in [1.54, 1.807) is 0 Å². The molecule has 2 atom stereocenters. The summed E-state index contributed by atoms with van der Waals surface area (Å²) in [6.07, 6.45) is 37.3. The monoisotopic (exact) mass is 690 g/mol. The molecule has 8 nitrogen and oxygen atoms in total. The van der Waals surface area contributed by atoms with Crippen molar-refractivity contribution >= 4 is 13.8 Å². The number of hydrogen-bond donors (Lipinski definition) is 2. The van der Waals surface area contributed by atoms with Crippen molar-refractivity contribution in [2.45, 2.75) is 193 Å². The Morgan fingerprint density at radius 3 is 1.55 bits per heavy atom. The molecule has 0 radical (unpaired) electrons. The Hall–Kier alpha value is -0.760. The van der Waals surface area contributed by atoms with E-state index in [4.69, 9.17) is 24.3 Å². The summed E-state index contributed by atoms with van der Waals surface area (Å²) in [6, 6.07) is 0. The summed E-state index contributed by atoms with van der Waals surface area (Å²) in [7, 11) is -4.25. The topological polar surface area (TPSA) is 117 Å². The molecule has 2 unspecified atom stereocenters. The lowest BCUT2D eigenvalue weighted by Crippen LogP contribution is -2.28. The van der Waals surface area contributed by atoms with Crippen LogP contribution in [0, 0.1) is 0 Å². The number of allylic oxidation sites excluding steroid dienone is 2. The Morgan fingerprint density at radius 1 is 0.617 bits per heavy atom. The average molecular weight is 690 g/mol. The van der Waals surface area contributed by atoms with E-state index < -0.39 is 13.9 Å². The first kappa shape index (κ1) is 46.2. The van der Waals surface area contributed by atoms with Gasteiger partial charge in [-0.25, -0.2) is 4.57 Å². The average Bonchev–Trinajstić information content (AvgIpc) is 3.06. The molecule has 0 rings (SSSR count). The molecule has 47 heavy (non-hydrogen) atoms. The van der Waals surface area contributed by atoms with Gasteiger partial charge in [-0.2, -0.15) is 0 Å². The van der Waals surface area contributed by atoms with Crippen LogP contribution in [0.3, 0.4) is 0 Å². The number of carbonyl (C=O) groups excluding carboxylic acids is 1. The van der Waals surface area contributed by atoms with Crippen molar-refractivity contribution in [3.8, 4) is 0 Å². The van der Waals surface area contributed by atoms with Crippen LogP contribution >= 0.6 is 7.82 Å². The minimum Gasteiger partial charge on any atom is -0.457 e. The van der Waals surface area contributed by atoms with Crippen LogP contribution in [0.5, 0.6) is 0 Å². The molecule has 0 aliphatic rings. The van der Waals surface area contributed by atoms with Crippen molar-refractivity contribution in [3.05, 3.63) is 12.2 Å². The summed E-state index contributed by atoms with van der Waals surface area (Å²) >= 11 is 0. The molecular weight excluding hydrogens is 613 g/mol. The van der Waals surface area contributed by atoms with Crippen molar-refractivity contribution < 1.29 is 32.8 Å². The maximum Gasteiger partial charge on any atom is 0.472 e. The van der Waals surface area contributed by atoms with Crippen LogP contribution in [0.15, 0.2) is 12.2 Å². The maximum absolute atomic E-state index is 12.2. The van der Waals surface area contributed by atoms with Crippen LogP contribution in [0.1, 0.15) is 187 Å². The van der Waals surface area contributed by atoms with E-state index in [1.807, 2.05) is 0 Å². The van der Waals surface area contributed by atoms with Gasteiger partial charge >= 0.3 is 13.8 Å². The molecule has 0 bridgehead atoms. The molecule has 0 aliphatic carbocycles. The number of unbranched alkanes of at least 4 members (excludes halogenated alkanes) is 23. The van der Waals surface area contributed by atoms with Gasteiger partial charge in [0.25, 0.3) is 0 Å². The van der Waals surface area contributed by atoms with Gasteiger partial charge in [0.05, 0.1) is 19.8 Å². The summed E-state index contributed by atoms with van der Waals surface area (Å²) < 4.78 is 33.0. The largest absolute Gasteiger partial charge is 0.472 e. The van der Waals surface area contributed by atoms with E-state index in [-0.39, 0.29) is 32.3 Å². The van der Waals surface area contributed by atoms with Gasteiger partial charge < -0.3 is 20.1 Å². The van der Waals surface area contributed by atoms with Crippen LogP contribution in [0.2, 0.25) is 0 Å². The van der Waals surface area contributed by atoms with Crippen molar-refractivity contribution in [1.82, 2.24) is 0 Å². The third kappa shape index (κ3) is 36.3. The highest BCUT2D eigenvalue weighted by molar-refractivity contribution is 7.47. The summed E-state index contributed by atoms with van der Waals surface area (Å²) in [5.41, 5.74) is 5.32. The van der Waals surface area contributed by atoms with Gasteiger partial charge in [-0.05, 0) is 38.5 Å². The van der Waals surface area contributed by atoms with Gasteiger partial charge in [0.2, 0.25) is 0 Å². The fourth-order valence-electron chi connectivity index (χ4n) is 5.52. The lowest BCUT2D eigenvalue weighted by atomic mass is 10.0. The van der Waals surface area contributed by atoms with Crippen molar-refractivity contribution in [1.29, 1.82) is 0 Å². The van der Waals surface area contributed by atoms with E-state index >= 15 is 0 Å². The third-order valence-corrected chi connectivity index (χ3v) is 9.42. The van der Waals surface area contributed by atoms with Gasteiger partial charge in [0, 0.05) is 19.6 Å². The Labute approximate surface area is 290 Å². The van der Waals surface area contributed by atoms with Crippen LogP contribution in [-0.2, 0) is 27.9 Å². The molecule has 0 aromatic rings. The highest BCUT2D eigenvalue weighted by atomic mass is 31.2. The second-order valence-corrected chi connectivity index (χ2v) is 14.6. The molecule has 0 aliphatic heterocycles. The standard InChI is InChI=1S/C38H76NO7P/c1-3-5-7-9-10-11-12-13-14-15-16-17-18-19-20-21-22-23-24-25-26-27-28-30-33-43-35-37(36-45-47(41,42)44-34-32-39)46-38(40)31-29-8-6-4-2/h15-16,37H,3-14,17-36,39H2,1-2H3,(H,41,42)/b16-15-. The predicted octanol–water partition coefficient (Wildman–Crippen LogP) is 11.1. The van der Waals surface area contributed by atoms with E-state index in [0.29, 0.717) is 13.0 Å². The van der Waals surface area contributed by atoms with E-state index in [2.05, 4.69) is 26.0 Å². The van der Waals surface area contributed by atoms with Gasteiger partial charge in [-0.15, -0.1) is 0 Å². The van der Waals surface area contributed by atoms with Crippen LogP contribution in [-0.4, -0.2) is 49.9 Å². The van der Waals surface area contributed by atoms with Gasteiger partial charge in [0.1, 0.15) is 6.10 Å². The number of carbonyl (C=O) groups is 1. The zero-order valence-corrected chi connectivity index (χ0v) is 31.7. The smallest absolute Gasteiger partial charge is 0.457 e. The Kier molecular flexibility index (Phi) is 35.9.